The molecular weight excluding hydrogens is 318 g/mol. The number of tetrazole rings is 1. The van der Waals surface area contributed by atoms with Gasteiger partial charge in [-0.2, -0.15) is 0 Å². The van der Waals surface area contributed by atoms with Crippen LogP contribution in [0.15, 0.2) is 24.3 Å². The van der Waals surface area contributed by atoms with Crippen LogP contribution in [0.5, 0.6) is 0 Å². The highest BCUT2D eigenvalue weighted by atomic mass is 16.6. The Balaban J connectivity index is 2.46. The van der Waals surface area contributed by atoms with Crippen molar-refractivity contribution in [1.29, 1.82) is 0 Å². The van der Waals surface area contributed by atoms with Gasteiger partial charge in [-0.25, -0.2) is 4.68 Å². The topological polar surface area (TPSA) is 151 Å². The number of ether oxygens (including phenoxy) is 1. The molecule has 0 aliphatic carbocycles. The van der Waals surface area contributed by atoms with E-state index in [2.05, 4.69) is 25.6 Å². The van der Waals surface area contributed by atoms with E-state index in [-0.39, 0.29) is 18.1 Å². The second-order valence-electron chi connectivity index (χ2n) is 4.76. The lowest BCUT2D eigenvalue weighted by molar-refractivity contribution is -0.385. The van der Waals surface area contributed by atoms with Crippen molar-refractivity contribution in [2.45, 2.75) is 12.6 Å². The summed E-state index contributed by atoms with van der Waals surface area (Å²) >= 11 is 0. The largest absolute Gasteiger partial charge is 0.468 e. The molecule has 1 heterocycles. The van der Waals surface area contributed by atoms with Gasteiger partial charge in [-0.3, -0.25) is 14.9 Å². The molecule has 24 heavy (non-hydrogen) atoms. The van der Waals surface area contributed by atoms with Crippen molar-refractivity contribution in [3.05, 3.63) is 45.8 Å². The highest BCUT2D eigenvalue weighted by Gasteiger charge is 2.28. The first-order chi connectivity index (χ1) is 11.6. The quantitative estimate of drug-likeness (QED) is 0.365. The number of esters is 1. The Morgan fingerprint density at radius 2 is 2.25 bits per heavy atom. The van der Waals surface area contributed by atoms with Crippen molar-refractivity contribution in [2.75, 3.05) is 20.2 Å². The van der Waals surface area contributed by atoms with Crippen LogP contribution in [0.3, 0.4) is 0 Å². The van der Waals surface area contributed by atoms with Crippen LogP contribution in [0.2, 0.25) is 0 Å². The SMILES string of the molecule is COC(=O)Cn1nnnc1C(NCCN)c1ccccc1[N+](=O)[O-]. The second-order valence-corrected chi connectivity index (χ2v) is 4.76. The summed E-state index contributed by atoms with van der Waals surface area (Å²) in [5.41, 5.74) is 5.81. The van der Waals surface area contributed by atoms with Crippen molar-refractivity contribution in [3.63, 3.8) is 0 Å². The van der Waals surface area contributed by atoms with Gasteiger partial charge in [-0.1, -0.05) is 18.2 Å². The van der Waals surface area contributed by atoms with Crippen LogP contribution in [-0.2, 0) is 16.1 Å². The number of para-hydroxylation sites is 1. The molecule has 11 heteroatoms. The summed E-state index contributed by atoms with van der Waals surface area (Å²) in [5.74, 6) is -0.285. The first-order valence-corrected chi connectivity index (χ1v) is 7.08. The summed E-state index contributed by atoms with van der Waals surface area (Å²) in [4.78, 5) is 22.3. The first-order valence-electron chi connectivity index (χ1n) is 7.08. The molecule has 1 aromatic heterocycles. The van der Waals surface area contributed by atoms with Crippen LogP contribution >= 0.6 is 0 Å². The molecule has 0 spiro atoms. The predicted molar refractivity (Wildman–Crippen MR) is 81.8 cm³/mol. The molecule has 2 rings (SSSR count). The molecule has 11 nitrogen and oxygen atoms in total. The number of hydrogen-bond donors (Lipinski definition) is 2. The Morgan fingerprint density at radius 3 is 2.92 bits per heavy atom. The number of nitrogens with zero attached hydrogens (tertiary/aromatic N) is 5. The van der Waals surface area contributed by atoms with E-state index in [4.69, 9.17) is 5.73 Å². The number of benzene rings is 1. The Hall–Kier alpha value is -2.92. The van der Waals surface area contributed by atoms with Gasteiger partial charge in [0.25, 0.3) is 5.69 Å². The molecule has 0 radical (unpaired) electrons. The van der Waals surface area contributed by atoms with Gasteiger partial charge in [-0.15, -0.1) is 5.10 Å². The maximum atomic E-state index is 11.5. The molecule has 128 valence electrons. The van der Waals surface area contributed by atoms with E-state index >= 15 is 0 Å². The number of methoxy groups -OCH3 is 1. The summed E-state index contributed by atoms with van der Waals surface area (Å²) in [6.07, 6.45) is 0. The van der Waals surface area contributed by atoms with Crippen LogP contribution in [0.4, 0.5) is 5.69 Å². The predicted octanol–water partition coefficient (Wildman–Crippen LogP) is -0.608. The molecule has 3 N–H and O–H groups in total. The zero-order valence-electron chi connectivity index (χ0n) is 13.0. The Morgan fingerprint density at radius 1 is 1.50 bits per heavy atom. The molecule has 0 amide bonds. The van der Waals surface area contributed by atoms with Gasteiger partial charge >= 0.3 is 5.97 Å². The van der Waals surface area contributed by atoms with Crippen LogP contribution < -0.4 is 11.1 Å². The van der Waals surface area contributed by atoms with Crippen molar-refractivity contribution in [1.82, 2.24) is 25.5 Å². The molecule has 1 unspecified atom stereocenters. The van der Waals surface area contributed by atoms with Crippen LogP contribution in [0.25, 0.3) is 0 Å². The number of carbonyl (C=O) groups is 1. The van der Waals surface area contributed by atoms with Crippen LogP contribution in [-0.4, -0.2) is 51.3 Å². The molecular formula is C13H17N7O4. The van der Waals surface area contributed by atoms with Gasteiger partial charge in [0.1, 0.15) is 12.6 Å². The molecule has 0 bridgehead atoms. The van der Waals surface area contributed by atoms with E-state index in [9.17, 15) is 14.9 Å². The zero-order chi connectivity index (χ0) is 17.5. The lowest BCUT2D eigenvalue weighted by Gasteiger charge is -2.18. The number of carbonyl (C=O) groups excluding carboxylic acids is 1. The maximum absolute atomic E-state index is 11.5. The fourth-order valence-electron chi connectivity index (χ4n) is 2.18. The lowest BCUT2D eigenvalue weighted by atomic mass is 10.0. The number of nitrogens with one attached hydrogen (secondary N) is 1. The van der Waals surface area contributed by atoms with E-state index in [1.165, 1.54) is 17.9 Å². The van der Waals surface area contributed by atoms with Crippen molar-refractivity contribution in [2.24, 2.45) is 5.73 Å². The summed E-state index contributed by atoms with van der Waals surface area (Å²) in [5, 5.41) is 25.6. The highest BCUT2D eigenvalue weighted by molar-refractivity contribution is 5.68. The molecule has 0 fully saturated rings. The smallest absolute Gasteiger partial charge is 0.327 e. The minimum atomic E-state index is -0.699. The number of rotatable bonds is 8. The molecule has 0 saturated heterocycles. The third kappa shape index (κ3) is 3.88. The van der Waals surface area contributed by atoms with E-state index < -0.39 is 16.9 Å². The number of nitrogens with two attached hydrogens (primary N) is 1. The Bertz CT molecular complexity index is 718. The number of hydrogen-bond acceptors (Lipinski definition) is 9. The number of aromatic nitrogens is 4. The number of nitro benzene ring substituents is 1. The molecule has 2 aromatic rings. The minimum absolute atomic E-state index is 0.0837. The number of nitro groups is 1. The first kappa shape index (κ1) is 17.4. The fraction of sp³-hybridized carbons (Fsp3) is 0.385. The van der Waals surface area contributed by atoms with Crippen LogP contribution in [0.1, 0.15) is 17.4 Å². The van der Waals surface area contributed by atoms with E-state index in [1.807, 2.05) is 0 Å². The van der Waals surface area contributed by atoms with Gasteiger partial charge in [0.15, 0.2) is 5.82 Å². The van der Waals surface area contributed by atoms with Gasteiger partial charge < -0.3 is 15.8 Å². The van der Waals surface area contributed by atoms with Crippen molar-refractivity contribution in [3.8, 4) is 0 Å². The van der Waals surface area contributed by atoms with Crippen molar-refractivity contribution >= 4 is 11.7 Å². The molecule has 1 atom stereocenters. The van der Waals surface area contributed by atoms with Crippen molar-refractivity contribution < 1.29 is 14.5 Å². The summed E-state index contributed by atoms with van der Waals surface area (Å²) in [6, 6.07) is 5.53. The van der Waals surface area contributed by atoms with Gasteiger partial charge in [0.2, 0.25) is 0 Å². The van der Waals surface area contributed by atoms with Gasteiger partial charge in [-0.05, 0) is 10.4 Å². The van der Waals surface area contributed by atoms with Gasteiger partial charge in [0, 0.05) is 19.2 Å². The van der Waals surface area contributed by atoms with E-state index in [1.54, 1.807) is 18.2 Å². The average molecular weight is 335 g/mol. The third-order valence-electron chi connectivity index (χ3n) is 3.26. The normalized spacial score (nSPS) is 11.9. The summed E-state index contributed by atoms with van der Waals surface area (Å²) < 4.78 is 5.84. The average Bonchev–Trinajstić information content (AvgIpc) is 3.03. The monoisotopic (exact) mass is 335 g/mol. The van der Waals surface area contributed by atoms with E-state index in [0.717, 1.165) is 0 Å². The minimum Gasteiger partial charge on any atom is -0.468 e. The zero-order valence-corrected chi connectivity index (χ0v) is 13.0. The molecule has 1 aromatic carbocycles. The lowest BCUT2D eigenvalue weighted by Crippen LogP contribution is -2.31. The molecule has 0 saturated carbocycles. The third-order valence-corrected chi connectivity index (χ3v) is 3.26. The Kier molecular flexibility index (Phi) is 5.87. The Labute approximate surface area is 136 Å². The molecule has 0 aliphatic rings. The standard InChI is InChI=1S/C13H17N7O4/c1-24-11(21)8-19-13(16-17-18-19)12(15-7-6-14)9-4-2-3-5-10(9)20(22)23/h2-5,12,15H,6-8,14H2,1H3. The van der Waals surface area contributed by atoms with Crippen LogP contribution in [0, 0.1) is 10.1 Å². The fourth-order valence-corrected chi connectivity index (χ4v) is 2.18. The molecule has 0 aliphatic heterocycles. The maximum Gasteiger partial charge on any atom is 0.327 e. The van der Waals surface area contributed by atoms with Gasteiger partial charge in [0.05, 0.1) is 17.6 Å². The summed E-state index contributed by atoms with van der Waals surface area (Å²) in [6.45, 7) is 0.484. The van der Waals surface area contributed by atoms with E-state index in [0.29, 0.717) is 18.7 Å². The second kappa shape index (κ2) is 8.08. The highest BCUT2D eigenvalue weighted by Crippen LogP contribution is 2.28. The summed E-state index contributed by atoms with van der Waals surface area (Å²) in [7, 11) is 1.25.